The van der Waals surface area contributed by atoms with Crippen molar-refractivity contribution in [2.24, 2.45) is 0 Å². The van der Waals surface area contributed by atoms with Gasteiger partial charge in [0.05, 0.1) is 5.02 Å². The largest absolute Gasteiger partial charge is 0.484 e. The van der Waals surface area contributed by atoms with Crippen LogP contribution >= 0.6 is 23.2 Å². The van der Waals surface area contributed by atoms with E-state index < -0.39 is 0 Å². The number of hydrogen-bond donors (Lipinski definition) is 0. The van der Waals surface area contributed by atoms with Crippen LogP contribution in [0.1, 0.15) is 19.8 Å². The van der Waals surface area contributed by atoms with Gasteiger partial charge >= 0.3 is 0 Å². The molecule has 0 saturated heterocycles. The second-order valence-corrected chi connectivity index (χ2v) is 4.00. The van der Waals surface area contributed by atoms with E-state index in [0.29, 0.717) is 22.2 Å². The van der Waals surface area contributed by atoms with Crippen LogP contribution in [0.25, 0.3) is 0 Å². The van der Waals surface area contributed by atoms with Crippen molar-refractivity contribution in [3.8, 4) is 5.75 Å². The minimum absolute atomic E-state index is 0.0495. The molecule has 15 heavy (non-hydrogen) atoms. The summed E-state index contributed by atoms with van der Waals surface area (Å²) in [7, 11) is 0. The van der Waals surface area contributed by atoms with Gasteiger partial charge in [0.25, 0.3) is 0 Å². The van der Waals surface area contributed by atoms with Crippen LogP contribution in [0.2, 0.25) is 10.0 Å². The lowest BCUT2D eigenvalue weighted by atomic mass is 10.2. The molecule has 0 unspecified atom stereocenters. The molecule has 1 aromatic rings. The Bertz CT molecular complexity index is 350. The van der Waals surface area contributed by atoms with E-state index in [1.54, 1.807) is 18.2 Å². The van der Waals surface area contributed by atoms with Gasteiger partial charge in [0, 0.05) is 17.5 Å². The number of halogens is 2. The maximum Gasteiger partial charge on any atom is 0.170 e. The van der Waals surface area contributed by atoms with Gasteiger partial charge in [0.2, 0.25) is 0 Å². The molecular formula is C11H12Cl2O2. The zero-order valence-corrected chi connectivity index (χ0v) is 9.94. The molecule has 1 aromatic carbocycles. The van der Waals surface area contributed by atoms with Crippen molar-refractivity contribution < 1.29 is 9.53 Å². The number of carbonyl (C=O) groups excluding carboxylic acids is 1. The average Bonchev–Trinajstić information content (AvgIpc) is 2.20. The summed E-state index contributed by atoms with van der Waals surface area (Å²) >= 11 is 11.6. The SMILES string of the molecule is CCCC(=O)COc1cc(Cl)ccc1Cl. The van der Waals surface area contributed by atoms with Crippen LogP contribution in [0.5, 0.6) is 5.75 Å². The van der Waals surface area contributed by atoms with Crippen LogP contribution in [0.3, 0.4) is 0 Å². The summed E-state index contributed by atoms with van der Waals surface area (Å²) in [6, 6.07) is 4.91. The number of ether oxygens (including phenoxy) is 1. The maximum absolute atomic E-state index is 11.2. The number of rotatable bonds is 5. The third-order valence-corrected chi connectivity index (χ3v) is 2.36. The van der Waals surface area contributed by atoms with Gasteiger partial charge in [-0.05, 0) is 18.6 Å². The van der Waals surface area contributed by atoms with E-state index in [2.05, 4.69) is 0 Å². The summed E-state index contributed by atoms with van der Waals surface area (Å²) in [5.74, 6) is 0.516. The second kappa shape index (κ2) is 5.99. The smallest absolute Gasteiger partial charge is 0.170 e. The van der Waals surface area contributed by atoms with Crippen LogP contribution in [-0.4, -0.2) is 12.4 Å². The summed E-state index contributed by atoms with van der Waals surface area (Å²) in [4.78, 5) is 11.2. The Morgan fingerprint density at radius 3 is 2.80 bits per heavy atom. The minimum atomic E-state index is 0.0495. The van der Waals surface area contributed by atoms with Gasteiger partial charge < -0.3 is 4.74 Å². The van der Waals surface area contributed by atoms with Crippen molar-refractivity contribution in [1.82, 2.24) is 0 Å². The van der Waals surface area contributed by atoms with Crippen LogP contribution in [0, 0.1) is 0 Å². The molecule has 0 atom stereocenters. The van der Waals surface area contributed by atoms with E-state index in [1.165, 1.54) is 0 Å². The zero-order valence-electron chi connectivity index (χ0n) is 8.43. The molecule has 0 heterocycles. The van der Waals surface area contributed by atoms with Gasteiger partial charge in [0.15, 0.2) is 5.78 Å². The van der Waals surface area contributed by atoms with Crippen molar-refractivity contribution in [3.05, 3.63) is 28.2 Å². The van der Waals surface area contributed by atoms with E-state index in [9.17, 15) is 4.79 Å². The quantitative estimate of drug-likeness (QED) is 0.792. The Balaban J connectivity index is 2.57. The summed E-state index contributed by atoms with van der Waals surface area (Å²) < 4.78 is 5.27. The Morgan fingerprint density at radius 2 is 2.13 bits per heavy atom. The molecule has 0 aliphatic rings. The van der Waals surface area contributed by atoms with Crippen LogP contribution in [0.15, 0.2) is 18.2 Å². The van der Waals surface area contributed by atoms with E-state index in [0.717, 1.165) is 6.42 Å². The predicted molar refractivity (Wildman–Crippen MR) is 61.9 cm³/mol. The summed E-state index contributed by atoms with van der Waals surface area (Å²) in [6.07, 6.45) is 1.35. The van der Waals surface area contributed by atoms with Gasteiger partial charge in [0.1, 0.15) is 12.4 Å². The molecule has 0 aliphatic heterocycles. The number of Topliss-reactive ketones (excluding diaryl/α,β-unsaturated/α-hetero) is 1. The normalized spacial score (nSPS) is 10.1. The standard InChI is InChI=1S/C11H12Cl2O2/c1-2-3-9(14)7-15-11-6-8(12)4-5-10(11)13/h4-6H,2-3,7H2,1H3. The van der Waals surface area contributed by atoms with Gasteiger partial charge in [-0.15, -0.1) is 0 Å². The third-order valence-electron chi connectivity index (χ3n) is 1.81. The lowest BCUT2D eigenvalue weighted by Crippen LogP contribution is -2.10. The number of carbonyl (C=O) groups is 1. The third kappa shape index (κ3) is 4.10. The van der Waals surface area contributed by atoms with Crippen LogP contribution in [0.4, 0.5) is 0 Å². The summed E-state index contributed by atoms with van der Waals surface area (Å²) in [5.41, 5.74) is 0. The van der Waals surface area contributed by atoms with Crippen molar-refractivity contribution in [2.45, 2.75) is 19.8 Å². The van der Waals surface area contributed by atoms with E-state index in [-0.39, 0.29) is 12.4 Å². The van der Waals surface area contributed by atoms with E-state index in [4.69, 9.17) is 27.9 Å². The molecule has 0 aromatic heterocycles. The monoisotopic (exact) mass is 246 g/mol. The molecule has 82 valence electrons. The number of ketones is 1. The second-order valence-electron chi connectivity index (χ2n) is 3.15. The van der Waals surface area contributed by atoms with Crippen LogP contribution < -0.4 is 4.74 Å². The van der Waals surface area contributed by atoms with E-state index in [1.807, 2.05) is 6.92 Å². The molecular weight excluding hydrogens is 235 g/mol. The molecule has 4 heteroatoms. The summed E-state index contributed by atoms with van der Waals surface area (Å²) in [6.45, 7) is 2.00. The van der Waals surface area contributed by atoms with Crippen molar-refractivity contribution in [1.29, 1.82) is 0 Å². The highest BCUT2D eigenvalue weighted by Crippen LogP contribution is 2.27. The van der Waals surface area contributed by atoms with Gasteiger partial charge in [-0.25, -0.2) is 0 Å². The van der Waals surface area contributed by atoms with Crippen molar-refractivity contribution in [3.63, 3.8) is 0 Å². The molecule has 2 nitrogen and oxygen atoms in total. The fourth-order valence-corrected chi connectivity index (χ4v) is 1.43. The van der Waals surface area contributed by atoms with Crippen LogP contribution in [-0.2, 0) is 4.79 Å². The molecule has 0 bridgehead atoms. The highest BCUT2D eigenvalue weighted by molar-refractivity contribution is 6.34. The van der Waals surface area contributed by atoms with Gasteiger partial charge in [-0.3, -0.25) is 4.79 Å². The Hall–Kier alpha value is -0.730. The Kier molecular flexibility index (Phi) is 4.92. The first-order valence-corrected chi connectivity index (χ1v) is 5.48. The lowest BCUT2D eigenvalue weighted by molar-refractivity contribution is -0.121. The highest BCUT2D eigenvalue weighted by atomic mass is 35.5. The highest BCUT2D eigenvalue weighted by Gasteiger charge is 2.05. The lowest BCUT2D eigenvalue weighted by Gasteiger charge is -2.07. The zero-order chi connectivity index (χ0) is 11.3. The minimum Gasteiger partial charge on any atom is -0.484 e. The molecule has 0 aliphatic carbocycles. The molecule has 0 amide bonds. The fraction of sp³-hybridized carbons (Fsp3) is 0.364. The number of benzene rings is 1. The van der Waals surface area contributed by atoms with Crippen molar-refractivity contribution >= 4 is 29.0 Å². The predicted octanol–water partition coefficient (Wildman–Crippen LogP) is 3.74. The van der Waals surface area contributed by atoms with E-state index >= 15 is 0 Å². The topological polar surface area (TPSA) is 26.3 Å². The molecule has 0 fully saturated rings. The Morgan fingerprint density at radius 1 is 1.40 bits per heavy atom. The first kappa shape index (κ1) is 12.3. The maximum atomic E-state index is 11.2. The Labute approximate surface area is 99.1 Å². The molecule has 1 rings (SSSR count). The molecule has 0 spiro atoms. The number of hydrogen-bond acceptors (Lipinski definition) is 2. The van der Waals surface area contributed by atoms with Gasteiger partial charge in [-0.1, -0.05) is 30.1 Å². The molecule has 0 saturated carbocycles. The molecule has 0 N–H and O–H groups in total. The summed E-state index contributed by atoms with van der Waals surface area (Å²) in [5, 5.41) is 1.00. The first-order chi connectivity index (χ1) is 7.13. The van der Waals surface area contributed by atoms with Gasteiger partial charge in [-0.2, -0.15) is 0 Å². The average molecular weight is 247 g/mol. The first-order valence-electron chi connectivity index (χ1n) is 4.73. The fourth-order valence-electron chi connectivity index (χ4n) is 1.10. The molecule has 0 radical (unpaired) electrons. The van der Waals surface area contributed by atoms with Crippen molar-refractivity contribution in [2.75, 3.05) is 6.61 Å².